The smallest absolute Gasteiger partial charge is 0.219 e. The van der Waals surface area contributed by atoms with Crippen molar-refractivity contribution in [2.24, 2.45) is 5.92 Å². The van der Waals surface area contributed by atoms with Gasteiger partial charge in [-0.15, -0.1) is 0 Å². The van der Waals surface area contributed by atoms with Crippen LogP contribution in [0.25, 0.3) is 0 Å². The highest BCUT2D eigenvalue weighted by atomic mass is 16.1. The average Bonchev–Trinajstić information content (AvgIpc) is 2.45. The lowest BCUT2D eigenvalue weighted by Crippen LogP contribution is -2.37. The van der Waals surface area contributed by atoms with E-state index in [1.165, 1.54) is 38.5 Å². The van der Waals surface area contributed by atoms with Gasteiger partial charge < -0.3 is 5.32 Å². The van der Waals surface area contributed by atoms with E-state index in [1.54, 1.807) is 0 Å². The summed E-state index contributed by atoms with van der Waals surface area (Å²) >= 11 is 0. The Morgan fingerprint density at radius 2 is 1.86 bits per heavy atom. The highest BCUT2D eigenvalue weighted by Crippen LogP contribution is 2.25. The minimum Gasteiger partial charge on any atom is -0.353 e. The van der Waals surface area contributed by atoms with Crippen LogP contribution in [0.1, 0.15) is 58.8 Å². The van der Waals surface area contributed by atoms with Crippen molar-refractivity contribution < 1.29 is 4.79 Å². The van der Waals surface area contributed by atoms with Gasteiger partial charge in [0.2, 0.25) is 5.91 Å². The predicted molar refractivity (Wildman–Crippen MR) is 59.1 cm³/mol. The lowest BCUT2D eigenvalue weighted by molar-refractivity contribution is -0.121. The van der Waals surface area contributed by atoms with Crippen LogP contribution in [-0.4, -0.2) is 11.9 Å². The zero-order valence-electron chi connectivity index (χ0n) is 9.51. The summed E-state index contributed by atoms with van der Waals surface area (Å²) in [7, 11) is 0. The van der Waals surface area contributed by atoms with E-state index in [0.29, 0.717) is 18.4 Å². The fraction of sp³-hybridized carbons (Fsp3) is 0.917. The third kappa shape index (κ3) is 3.69. The second kappa shape index (κ2) is 6.05. The average molecular weight is 197 g/mol. The Balaban J connectivity index is 2.33. The van der Waals surface area contributed by atoms with E-state index in [2.05, 4.69) is 12.2 Å². The van der Waals surface area contributed by atoms with Crippen LogP contribution in [0.15, 0.2) is 0 Å². The zero-order chi connectivity index (χ0) is 10.4. The maximum atomic E-state index is 11.2. The quantitative estimate of drug-likeness (QED) is 0.692. The van der Waals surface area contributed by atoms with Crippen molar-refractivity contribution in [3.8, 4) is 0 Å². The third-order valence-electron chi connectivity index (χ3n) is 3.32. The van der Waals surface area contributed by atoms with Crippen LogP contribution in [0, 0.1) is 5.92 Å². The van der Waals surface area contributed by atoms with Crippen molar-refractivity contribution in [3.05, 3.63) is 0 Å². The molecule has 1 rings (SSSR count). The number of nitrogens with one attached hydrogen (secondary N) is 1. The first-order valence-electron chi connectivity index (χ1n) is 6.03. The summed E-state index contributed by atoms with van der Waals surface area (Å²) < 4.78 is 0. The van der Waals surface area contributed by atoms with Gasteiger partial charge in [0.15, 0.2) is 0 Å². The lowest BCUT2D eigenvalue weighted by atomic mass is 9.93. The molecule has 0 aromatic heterocycles. The molecule has 2 nitrogen and oxygen atoms in total. The molecule has 0 radical (unpaired) electrons. The Hall–Kier alpha value is -0.530. The summed E-state index contributed by atoms with van der Waals surface area (Å²) in [5.41, 5.74) is 0. The van der Waals surface area contributed by atoms with Gasteiger partial charge in [0.25, 0.3) is 0 Å². The van der Waals surface area contributed by atoms with Crippen LogP contribution in [0.4, 0.5) is 0 Å². The lowest BCUT2D eigenvalue weighted by Gasteiger charge is -2.23. The minimum atomic E-state index is 0.196. The first-order chi connectivity index (χ1) is 6.74. The number of carbonyl (C=O) groups is 1. The molecule has 0 aromatic rings. The molecule has 0 aromatic carbocycles. The van der Waals surface area contributed by atoms with Crippen molar-refractivity contribution in [2.45, 2.75) is 64.8 Å². The van der Waals surface area contributed by atoms with E-state index in [4.69, 9.17) is 0 Å². The highest BCUT2D eigenvalue weighted by Gasteiger charge is 2.19. The summed E-state index contributed by atoms with van der Waals surface area (Å²) in [5, 5.41) is 3.09. The summed E-state index contributed by atoms with van der Waals surface area (Å²) in [6.07, 6.45) is 8.65. The molecule has 1 N–H and O–H groups in total. The van der Waals surface area contributed by atoms with Gasteiger partial charge in [-0.2, -0.15) is 0 Å². The normalized spacial score (nSPS) is 21.3. The summed E-state index contributed by atoms with van der Waals surface area (Å²) in [6, 6.07) is 0.376. The predicted octanol–water partition coefficient (Wildman–Crippen LogP) is 2.87. The van der Waals surface area contributed by atoms with E-state index in [1.807, 2.05) is 6.92 Å². The number of amides is 1. The van der Waals surface area contributed by atoms with E-state index in [-0.39, 0.29) is 5.91 Å². The van der Waals surface area contributed by atoms with Crippen LogP contribution >= 0.6 is 0 Å². The van der Waals surface area contributed by atoms with Crippen LogP contribution < -0.4 is 5.32 Å². The van der Waals surface area contributed by atoms with E-state index < -0.39 is 0 Å². The van der Waals surface area contributed by atoms with Gasteiger partial charge in [0.05, 0.1) is 0 Å². The summed E-state index contributed by atoms with van der Waals surface area (Å²) in [6.45, 7) is 4.07. The largest absolute Gasteiger partial charge is 0.353 e. The maximum Gasteiger partial charge on any atom is 0.219 e. The standard InChI is InChI=1S/C12H23NO/c1-3-12(14)13-10(2)11-8-6-4-5-7-9-11/h10-11H,3-9H2,1-2H3,(H,13,14)/t10-/m0/s1. The first-order valence-corrected chi connectivity index (χ1v) is 6.03. The van der Waals surface area contributed by atoms with Gasteiger partial charge in [-0.25, -0.2) is 0 Å². The molecule has 2 heteroatoms. The van der Waals surface area contributed by atoms with Crippen molar-refractivity contribution >= 4 is 5.91 Å². The molecule has 0 unspecified atom stereocenters. The van der Waals surface area contributed by atoms with Gasteiger partial charge in [-0.3, -0.25) is 4.79 Å². The van der Waals surface area contributed by atoms with Crippen LogP contribution in [-0.2, 0) is 4.79 Å². The van der Waals surface area contributed by atoms with Gasteiger partial charge in [0.1, 0.15) is 0 Å². The molecule has 1 saturated carbocycles. The summed E-state index contributed by atoms with van der Waals surface area (Å²) in [4.78, 5) is 11.2. The van der Waals surface area contributed by atoms with Gasteiger partial charge >= 0.3 is 0 Å². The molecule has 0 bridgehead atoms. The van der Waals surface area contributed by atoms with Gasteiger partial charge in [-0.05, 0) is 25.7 Å². The topological polar surface area (TPSA) is 29.1 Å². The summed E-state index contributed by atoms with van der Waals surface area (Å²) in [5.74, 6) is 0.912. The molecule has 14 heavy (non-hydrogen) atoms. The second-order valence-electron chi connectivity index (χ2n) is 4.46. The fourth-order valence-corrected chi connectivity index (χ4v) is 2.28. The first kappa shape index (κ1) is 11.5. The molecular weight excluding hydrogens is 174 g/mol. The fourth-order valence-electron chi connectivity index (χ4n) is 2.28. The minimum absolute atomic E-state index is 0.196. The molecule has 1 atom stereocenters. The molecule has 1 aliphatic carbocycles. The van der Waals surface area contributed by atoms with E-state index >= 15 is 0 Å². The number of hydrogen-bond donors (Lipinski definition) is 1. The highest BCUT2D eigenvalue weighted by molar-refractivity contribution is 5.75. The SMILES string of the molecule is CCC(=O)N[C@@H](C)C1CCCCCC1. The zero-order valence-corrected chi connectivity index (χ0v) is 9.51. The molecule has 0 aliphatic heterocycles. The molecule has 1 aliphatic rings. The third-order valence-corrected chi connectivity index (χ3v) is 3.32. The van der Waals surface area contributed by atoms with Crippen LogP contribution in [0.3, 0.4) is 0 Å². The van der Waals surface area contributed by atoms with E-state index in [9.17, 15) is 4.79 Å². The number of carbonyl (C=O) groups excluding carboxylic acids is 1. The Morgan fingerprint density at radius 3 is 2.36 bits per heavy atom. The molecular formula is C12H23NO. The molecule has 82 valence electrons. The molecule has 1 fully saturated rings. The molecule has 0 spiro atoms. The molecule has 0 saturated heterocycles. The van der Waals surface area contributed by atoms with Gasteiger partial charge in [0, 0.05) is 12.5 Å². The van der Waals surface area contributed by atoms with Crippen molar-refractivity contribution in [1.29, 1.82) is 0 Å². The Bertz CT molecular complexity index is 171. The van der Waals surface area contributed by atoms with Crippen molar-refractivity contribution in [1.82, 2.24) is 5.32 Å². The Kier molecular flexibility index (Phi) is 4.99. The molecule has 0 heterocycles. The maximum absolute atomic E-state index is 11.2. The van der Waals surface area contributed by atoms with Crippen molar-refractivity contribution in [2.75, 3.05) is 0 Å². The Morgan fingerprint density at radius 1 is 1.29 bits per heavy atom. The number of hydrogen-bond acceptors (Lipinski definition) is 1. The van der Waals surface area contributed by atoms with Gasteiger partial charge in [-0.1, -0.05) is 32.6 Å². The van der Waals surface area contributed by atoms with Crippen molar-refractivity contribution in [3.63, 3.8) is 0 Å². The number of rotatable bonds is 3. The van der Waals surface area contributed by atoms with Crippen LogP contribution in [0.2, 0.25) is 0 Å². The monoisotopic (exact) mass is 197 g/mol. The van der Waals surface area contributed by atoms with Crippen LogP contribution in [0.5, 0.6) is 0 Å². The Labute approximate surface area is 87.5 Å². The second-order valence-corrected chi connectivity index (χ2v) is 4.46. The van der Waals surface area contributed by atoms with E-state index in [0.717, 1.165) is 0 Å². The molecule has 1 amide bonds.